The zero-order valence-corrected chi connectivity index (χ0v) is 21.8. The van der Waals surface area contributed by atoms with Crippen LogP contribution in [0.2, 0.25) is 0 Å². The molecule has 1 fully saturated rings. The Morgan fingerprint density at radius 2 is 1.97 bits per heavy atom. The molecule has 0 saturated heterocycles. The summed E-state index contributed by atoms with van der Waals surface area (Å²) < 4.78 is 11.5. The van der Waals surface area contributed by atoms with Gasteiger partial charge in [0.2, 0.25) is 11.8 Å². The van der Waals surface area contributed by atoms with Crippen LogP contribution in [0.5, 0.6) is 5.75 Å². The number of amides is 2. The predicted molar refractivity (Wildman–Crippen MR) is 140 cm³/mol. The maximum absolute atomic E-state index is 13.6. The number of benzene rings is 2. The Balaban J connectivity index is 1.39. The van der Waals surface area contributed by atoms with Gasteiger partial charge in [0.25, 0.3) is 5.91 Å². The predicted octanol–water partition coefficient (Wildman–Crippen LogP) is 5.36. The van der Waals surface area contributed by atoms with Gasteiger partial charge in [-0.3, -0.25) is 9.59 Å². The molecule has 1 atom stereocenters. The molecule has 0 spiro atoms. The van der Waals surface area contributed by atoms with Crippen LogP contribution < -0.4 is 10.1 Å². The van der Waals surface area contributed by atoms with Crippen molar-refractivity contribution in [2.24, 2.45) is 5.92 Å². The van der Waals surface area contributed by atoms with Crippen molar-refractivity contribution in [3.8, 4) is 5.75 Å². The molecular formula is C30H35N3O4. The zero-order chi connectivity index (χ0) is 25.9. The fourth-order valence-corrected chi connectivity index (χ4v) is 5.49. The molecule has 1 aliphatic heterocycles. The first-order valence-electron chi connectivity index (χ1n) is 13.3. The number of nitrogens with one attached hydrogen (secondary N) is 1. The monoisotopic (exact) mass is 501 g/mol. The summed E-state index contributed by atoms with van der Waals surface area (Å²) >= 11 is 0. The standard InChI is InChI=1S/C30H35N3O4/c1-19(2)31-29(34)26-17-37-27(32-26)18-36-24-12-11-21-13-14-33(30(35)22-8-4-5-9-22)28(25(21)16-24)23-10-6-7-20(3)15-23/h6-7,10-12,15-17,19,22,28H,4-5,8-9,13-14,18H2,1-3H3,(H,31,34). The molecule has 2 aromatic carbocycles. The average molecular weight is 502 g/mol. The normalized spacial score (nSPS) is 17.6. The van der Waals surface area contributed by atoms with Crippen LogP contribution in [0.15, 0.2) is 53.1 Å². The Kier molecular flexibility index (Phi) is 7.31. The van der Waals surface area contributed by atoms with E-state index in [9.17, 15) is 9.59 Å². The summed E-state index contributed by atoms with van der Waals surface area (Å²) in [5.74, 6) is 1.14. The van der Waals surface area contributed by atoms with Crippen molar-refractivity contribution in [3.05, 3.63) is 82.6 Å². The average Bonchev–Trinajstić information content (AvgIpc) is 3.59. The number of hydrogen-bond donors (Lipinski definition) is 1. The Labute approximate surface area is 218 Å². The number of aromatic nitrogens is 1. The van der Waals surface area contributed by atoms with Crippen LogP contribution in [-0.2, 0) is 17.8 Å². The first-order chi connectivity index (χ1) is 17.9. The number of aryl methyl sites for hydroxylation is 1. The Hall–Kier alpha value is -3.61. The van der Waals surface area contributed by atoms with E-state index in [0.29, 0.717) is 11.6 Å². The van der Waals surface area contributed by atoms with E-state index in [-0.39, 0.29) is 42.1 Å². The van der Waals surface area contributed by atoms with Crippen molar-refractivity contribution in [1.29, 1.82) is 0 Å². The van der Waals surface area contributed by atoms with Crippen LogP contribution in [0.1, 0.15) is 84.2 Å². The highest BCUT2D eigenvalue weighted by molar-refractivity contribution is 5.92. The molecule has 7 heteroatoms. The van der Waals surface area contributed by atoms with Crippen molar-refractivity contribution in [1.82, 2.24) is 15.2 Å². The lowest BCUT2D eigenvalue weighted by atomic mass is 9.86. The lowest BCUT2D eigenvalue weighted by molar-refractivity contribution is -0.137. The minimum Gasteiger partial charge on any atom is -0.484 e. The first kappa shape index (κ1) is 25.1. The number of carbonyl (C=O) groups is 2. The van der Waals surface area contributed by atoms with Crippen molar-refractivity contribution >= 4 is 11.8 Å². The summed E-state index contributed by atoms with van der Waals surface area (Å²) in [6.45, 7) is 6.70. The van der Waals surface area contributed by atoms with Crippen molar-refractivity contribution in [2.45, 2.75) is 71.6 Å². The molecule has 1 saturated carbocycles. The first-order valence-corrected chi connectivity index (χ1v) is 13.3. The van der Waals surface area contributed by atoms with Crippen molar-refractivity contribution in [3.63, 3.8) is 0 Å². The lowest BCUT2D eigenvalue weighted by Gasteiger charge is -2.39. The van der Waals surface area contributed by atoms with Gasteiger partial charge in [-0.25, -0.2) is 4.98 Å². The van der Waals surface area contributed by atoms with Crippen LogP contribution in [0.25, 0.3) is 0 Å². The van der Waals surface area contributed by atoms with E-state index in [1.807, 2.05) is 26.0 Å². The fourth-order valence-electron chi connectivity index (χ4n) is 5.49. The van der Waals surface area contributed by atoms with E-state index in [4.69, 9.17) is 9.15 Å². The zero-order valence-electron chi connectivity index (χ0n) is 21.8. The van der Waals surface area contributed by atoms with Gasteiger partial charge >= 0.3 is 0 Å². The van der Waals surface area contributed by atoms with E-state index in [2.05, 4.69) is 52.5 Å². The molecule has 2 amide bonds. The molecule has 1 aliphatic carbocycles. The summed E-state index contributed by atoms with van der Waals surface area (Å²) in [5.41, 5.74) is 4.87. The molecule has 1 unspecified atom stereocenters. The van der Waals surface area contributed by atoms with E-state index >= 15 is 0 Å². The Morgan fingerprint density at radius 1 is 1.16 bits per heavy atom. The number of oxazole rings is 1. The van der Waals surface area contributed by atoms with E-state index in [1.54, 1.807) is 0 Å². The molecule has 7 nitrogen and oxygen atoms in total. The largest absolute Gasteiger partial charge is 0.484 e. The number of rotatable bonds is 7. The summed E-state index contributed by atoms with van der Waals surface area (Å²) in [7, 11) is 0. The number of fused-ring (bicyclic) bond motifs is 1. The van der Waals surface area contributed by atoms with Crippen LogP contribution >= 0.6 is 0 Å². The molecule has 194 valence electrons. The second-order valence-corrected chi connectivity index (χ2v) is 10.5. The number of ether oxygens (including phenoxy) is 1. The second kappa shape index (κ2) is 10.8. The third kappa shape index (κ3) is 5.55. The van der Waals surface area contributed by atoms with E-state index < -0.39 is 0 Å². The minimum atomic E-state index is -0.271. The van der Waals surface area contributed by atoms with Gasteiger partial charge in [0.15, 0.2) is 12.3 Å². The topological polar surface area (TPSA) is 84.7 Å². The Bertz CT molecular complexity index is 1280. The van der Waals surface area contributed by atoms with Crippen LogP contribution in [0.3, 0.4) is 0 Å². The van der Waals surface area contributed by atoms with Crippen LogP contribution in [0.4, 0.5) is 0 Å². The summed E-state index contributed by atoms with van der Waals surface area (Å²) in [4.78, 5) is 32.2. The van der Waals surface area contributed by atoms with Gasteiger partial charge in [0.05, 0.1) is 6.04 Å². The highest BCUT2D eigenvalue weighted by Crippen LogP contribution is 2.40. The van der Waals surface area contributed by atoms with Gasteiger partial charge in [0.1, 0.15) is 12.0 Å². The highest BCUT2D eigenvalue weighted by atomic mass is 16.5. The van der Waals surface area contributed by atoms with Gasteiger partial charge in [-0.1, -0.05) is 48.7 Å². The van der Waals surface area contributed by atoms with Gasteiger partial charge in [-0.05, 0) is 68.9 Å². The van der Waals surface area contributed by atoms with Crippen molar-refractivity contribution < 1.29 is 18.7 Å². The SMILES string of the molecule is Cc1cccc(C2c3cc(OCc4nc(C(=O)NC(C)C)co4)ccc3CCN2C(=O)C2CCCC2)c1. The molecule has 0 bridgehead atoms. The maximum Gasteiger partial charge on any atom is 0.273 e. The van der Waals surface area contributed by atoms with E-state index in [1.165, 1.54) is 17.4 Å². The van der Waals surface area contributed by atoms with Gasteiger partial charge in [-0.15, -0.1) is 0 Å². The third-order valence-corrected chi connectivity index (χ3v) is 7.26. The Morgan fingerprint density at radius 3 is 2.73 bits per heavy atom. The van der Waals surface area contributed by atoms with E-state index in [0.717, 1.165) is 49.8 Å². The van der Waals surface area contributed by atoms with Crippen molar-refractivity contribution in [2.75, 3.05) is 6.54 Å². The summed E-state index contributed by atoms with van der Waals surface area (Å²) in [5, 5.41) is 2.80. The van der Waals surface area contributed by atoms with Gasteiger partial charge in [0, 0.05) is 18.5 Å². The summed E-state index contributed by atoms with van der Waals surface area (Å²) in [6.07, 6.45) is 6.41. The highest BCUT2D eigenvalue weighted by Gasteiger charge is 2.36. The third-order valence-electron chi connectivity index (χ3n) is 7.26. The molecular weight excluding hydrogens is 466 g/mol. The molecule has 0 radical (unpaired) electrons. The quantitative estimate of drug-likeness (QED) is 0.471. The molecule has 1 N–H and O–H groups in total. The molecule has 5 rings (SSSR count). The lowest BCUT2D eigenvalue weighted by Crippen LogP contribution is -2.43. The minimum absolute atomic E-state index is 0.0147. The smallest absolute Gasteiger partial charge is 0.273 e. The van der Waals surface area contributed by atoms with Gasteiger partial charge < -0.3 is 19.4 Å². The number of carbonyl (C=O) groups excluding carboxylic acids is 2. The van der Waals surface area contributed by atoms with Gasteiger partial charge in [-0.2, -0.15) is 0 Å². The molecule has 2 heterocycles. The maximum atomic E-state index is 13.6. The fraction of sp³-hybridized carbons (Fsp3) is 0.433. The number of nitrogens with zero attached hydrogens (tertiary/aromatic N) is 2. The van der Waals surface area contributed by atoms with Crippen LogP contribution in [-0.4, -0.2) is 34.3 Å². The number of hydrogen-bond acceptors (Lipinski definition) is 5. The van der Waals surface area contributed by atoms with Crippen LogP contribution in [0, 0.1) is 12.8 Å². The molecule has 1 aromatic heterocycles. The molecule has 2 aliphatic rings. The molecule has 3 aromatic rings. The molecule has 37 heavy (non-hydrogen) atoms. The summed E-state index contributed by atoms with van der Waals surface area (Å²) in [6, 6.07) is 14.4. The second-order valence-electron chi connectivity index (χ2n) is 10.5.